The Morgan fingerprint density at radius 2 is 1.81 bits per heavy atom. The zero-order chi connectivity index (χ0) is 15.9. The van der Waals surface area contributed by atoms with Crippen LogP contribution in [0.3, 0.4) is 0 Å². The van der Waals surface area contributed by atoms with Gasteiger partial charge < -0.3 is 10.1 Å². The molecule has 1 N–H and O–H groups in total. The first kappa shape index (κ1) is 18.9. The Labute approximate surface area is 143 Å². The number of benzene rings is 1. The number of rotatable bonds is 9. The lowest BCUT2D eigenvalue weighted by Gasteiger charge is -2.12. The summed E-state index contributed by atoms with van der Waals surface area (Å²) in [6, 6.07) is 4.01. The van der Waals surface area contributed by atoms with E-state index in [2.05, 4.69) is 44.1 Å². The molecular weight excluding hydrogens is 422 g/mol. The first-order valence-corrected chi connectivity index (χ1v) is 10.3. The molecule has 0 bridgehead atoms. The van der Waals surface area contributed by atoms with Crippen molar-refractivity contribution in [3.63, 3.8) is 0 Å². The third-order valence-electron chi connectivity index (χ3n) is 2.92. The van der Waals surface area contributed by atoms with E-state index < -0.39 is 9.84 Å². The SMILES string of the molecule is CCNCc1cc(Br)c(OCCCS(=O)(=O)CC)c(Br)c1. The second-order valence-corrected chi connectivity index (χ2v) is 8.79. The van der Waals surface area contributed by atoms with E-state index in [4.69, 9.17) is 4.74 Å². The van der Waals surface area contributed by atoms with Gasteiger partial charge in [0.15, 0.2) is 0 Å². The summed E-state index contributed by atoms with van der Waals surface area (Å²) >= 11 is 6.99. The average molecular weight is 443 g/mol. The Morgan fingerprint density at radius 3 is 2.33 bits per heavy atom. The lowest BCUT2D eigenvalue weighted by molar-refractivity contribution is 0.313. The van der Waals surface area contributed by atoms with Crippen molar-refractivity contribution < 1.29 is 13.2 Å². The van der Waals surface area contributed by atoms with Crippen LogP contribution in [0.4, 0.5) is 0 Å². The van der Waals surface area contributed by atoms with Gasteiger partial charge in [-0.3, -0.25) is 0 Å². The van der Waals surface area contributed by atoms with Crippen LogP contribution in [0.15, 0.2) is 21.1 Å². The third kappa shape index (κ3) is 6.67. The van der Waals surface area contributed by atoms with Gasteiger partial charge in [-0.2, -0.15) is 0 Å². The highest BCUT2D eigenvalue weighted by Gasteiger charge is 2.11. The highest BCUT2D eigenvalue weighted by Crippen LogP contribution is 2.34. The molecule has 0 aromatic heterocycles. The lowest BCUT2D eigenvalue weighted by Crippen LogP contribution is -2.13. The van der Waals surface area contributed by atoms with E-state index in [9.17, 15) is 8.42 Å². The quantitative estimate of drug-likeness (QED) is 0.594. The molecular formula is C14H21Br2NO3S. The molecule has 0 radical (unpaired) electrons. The average Bonchev–Trinajstić information content (AvgIpc) is 2.43. The summed E-state index contributed by atoms with van der Waals surface area (Å²) < 4.78 is 30.2. The Morgan fingerprint density at radius 1 is 1.19 bits per heavy atom. The van der Waals surface area contributed by atoms with Gasteiger partial charge in [-0.05, 0) is 62.5 Å². The van der Waals surface area contributed by atoms with Crippen LogP contribution in [-0.2, 0) is 16.4 Å². The van der Waals surface area contributed by atoms with Crippen LogP contribution in [0.25, 0.3) is 0 Å². The van der Waals surface area contributed by atoms with Crippen molar-refractivity contribution in [3.8, 4) is 5.75 Å². The van der Waals surface area contributed by atoms with Crippen LogP contribution in [-0.4, -0.2) is 33.1 Å². The molecule has 0 spiro atoms. The molecule has 0 aliphatic rings. The first-order valence-electron chi connectivity index (χ1n) is 6.91. The summed E-state index contributed by atoms with van der Waals surface area (Å²) in [6.07, 6.45) is 0.494. The Balaban J connectivity index is 2.59. The molecule has 1 aromatic rings. The molecule has 0 heterocycles. The monoisotopic (exact) mass is 441 g/mol. The largest absolute Gasteiger partial charge is 0.491 e. The van der Waals surface area contributed by atoms with Crippen molar-refractivity contribution in [2.45, 2.75) is 26.8 Å². The first-order chi connectivity index (χ1) is 9.89. The van der Waals surface area contributed by atoms with E-state index in [0.29, 0.717) is 18.8 Å². The van der Waals surface area contributed by atoms with Crippen LogP contribution >= 0.6 is 31.9 Å². The zero-order valence-corrected chi connectivity index (χ0v) is 16.3. The Kier molecular flexibility index (Phi) is 8.23. The van der Waals surface area contributed by atoms with Crippen LogP contribution in [0.2, 0.25) is 0 Å². The van der Waals surface area contributed by atoms with Crippen LogP contribution in [0.1, 0.15) is 25.8 Å². The van der Waals surface area contributed by atoms with Gasteiger partial charge in [-0.1, -0.05) is 13.8 Å². The molecule has 120 valence electrons. The summed E-state index contributed by atoms with van der Waals surface area (Å²) in [6.45, 7) is 5.81. The Bertz CT molecular complexity index is 538. The fourth-order valence-electron chi connectivity index (χ4n) is 1.72. The summed E-state index contributed by atoms with van der Waals surface area (Å²) in [7, 11) is -2.92. The molecule has 21 heavy (non-hydrogen) atoms. The highest BCUT2D eigenvalue weighted by atomic mass is 79.9. The van der Waals surface area contributed by atoms with Crippen molar-refractivity contribution in [1.29, 1.82) is 0 Å². The van der Waals surface area contributed by atoms with Gasteiger partial charge in [-0.25, -0.2) is 8.42 Å². The van der Waals surface area contributed by atoms with Crippen molar-refractivity contribution in [2.24, 2.45) is 0 Å². The maximum Gasteiger partial charge on any atom is 0.150 e. The highest BCUT2D eigenvalue weighted by molar-refractivity contribution is 9.11. The maximum absolute atomic E-state index is 11.4. The lowest BCUT2D eigenvalue weighted by atomic mass is 10.2. The minimum atomic E-state index is -2.92. The molecule has 7 heteroatoms. The number of sulfone groups is 1. The summed E-state index contributed by atoms with van der Waals surface area (Å²) in [4.78, 5) is 0. The van der Waals surface area contributed by atoms with Crippen molar-refractivity contribution in [1.82, 2.24) is 5.32 Å². The third-order valence-corrected chi connectivity index (χ3v) is 5.89. The molecule has 0 fully saturated rings. The summed E-state index contributed by atoms with van der Waals surface area (Å²) in [5, 5.41) is 3.26. The maximum atomic E-state index is 11.4. The molecule has 0 atom stereocenters. The number of halogens is 2. The molecule has 4 nitrogen and oxygen atoms in total. The van der Waals surface area contributed by atoms with Gasteiger partial charge in [0.25, 0.3) is 0 Å². The van der Waals surface area contributed by atoms with Crippen molar-refractivity contribution in [3.05, 3.63) is 26.6 Å². The minimum absolute atomic E-state index is 0.164. The molecule has 1 aromatic carbocycles. The summed E-state index contributed by atoms with van der Waals surface area (Å²) in [5.74, 6) is 1.06. The fourth-order valence-corrected chi connectivity index (χ4v) is 4.08. The van der Waals surface area contributed by atoms with E-state index in [1.807, 2.05) is 12.1 Å². The molecule has 1 rings (SSSR count). The smallest absolute Gasteiger partial charge is 0.150 e. The van der Waals surface area contributed by atoms with Gasteiger partial charge in [0, 0.05) is 12.3 Å². The van der Waals surface area contributed by atoms with Gasteiger partial charge in [-0.15, -0.1) is 0 Å². The van der Waals surface area contributed by atoms with E-state index in [1.165, 1.54) is 0 Å². The molecule has 0 aliphatic heterocycles. The number of nitrogens with one attached hydrogen (secondary N) is 1. The van der Waals surface area contributed by atoms with E-state index >= 15 is 0 Å². The summed E-state index contributed by atoms with van der Waals surface area (Å²) in [5.41, 5.74) is 1.15. The van der Waals surface area contributed by atoms with Gasteiger partial charge in [0.2, 0.25) is 0 Å². The zero-order valence-electron chi connectivity index (χ0n) is 12.3. The van der Waals surface area contributed by atoms with E-state index in [1.54, 1.807) is 6.92 Å². The van der Waals surface area contributed by atoms with E-state index in [0.717, 1.165) is 27.6 Å². The number of hydrogen-bond acceptors (Lipinski definition) is 4. The Hall–Kier alpha value is -0.110. The second-order valence-electron chi connectivity index (χ2n) is 4.61. The van der Waals surface area contributed by atoms with Gasteiger partial charge in [0.1, 0.15) is 15.6 Å². The standard InChI is InChI=1S/C14H21Br2NO3S/c1-3-17-10-11-8-12(15)14(13(16)9-11)20-6-5-7-21(18,19)4-2/h8-9,17H,3-7,10H2,1-2H3. The molecule has 0 amide bonds. The number of hydrogen-bond donors (Lipinski definition) is 1. The predicted octanol–water partition coefficient (Wildman–Crippen LogP) is 3.52. The van der Waals surface area contributed by atoms with Crippen molar-refractivity contribution >= 4 is 41.7 Å². The molecule has 0 unspecified atom stereocenters. The van der Waals surface area contributed by atoms with Crippen molar-refractivity contribution in [2.75, 3.05) is 24.7 Å². The van der Waals surface area contributed by atoms with Crippen LogP contribution in [0.5, 0.6) is 5.75 Å². The molecule has 0 saturated carbocycles. The van der Waals surface area contributed by atoms with Gasteiger partial charge >= 0.3 is 0 Å². The topological polar surface area (TPSA) is 55.4 Å². The predicted molar refractivity (Wildman–Crippen MR) is 93.7 cm³/mol. The number of ether oxygens (including phenoxy) is 1. The van der Waals surface area contributed by atoms with Crippen LogP contribution < -0.4 is 10.1 Å². The van der Waals surface area contributed by atoms with Crippen LogP contribution in [0, 0.1) is 0 Å². The normalized spacial score (nSPS) is 11.6. The molecule has 0 aliphatic carbocycles. The fraction of sp³-hybridized carbons (Fsp3) is 0.571. The molecule has 0 saturated heterocycles. The van der Waals surface area contributed by atoms with Gasteiger partial charge in [0.05, 0.1) is 21.3 Å². The second kappa shape index (κ2) is 9.12. The minimum Gasteiger partial charge on any atom is -0.491 e. The van der Waals surface area contributed by atoms with E-state index in [-0.39, 0.29) is 11.5 Å².